The van der Waals surface area contributed by atoms with Gasteiger partial charge in [-0.3, -0.25) is 0 Å². The Kier molecular flexibility index (Phi) is 3.22. The highest BCUT2D eigenvalue weighted by Crippen LogP contribution is 2.23. The highest BCUT2D eigenvalue weighted by atomic mass is 16.6. The van der Waals surface area contributed by atoms with Gasteiger partial charge >= 0.3 is 0 Å². The van der Waals surface area contributed by atoms with Gasteiger partial charge in [-0.2, -0.15) is 22.8 Å². The third kappa shape index (κ3) is 2.32. The van der Waals surface area contributed by atoms with E-state index in [0.29, 0.717) is 6.42 Å². The molecule has 0 radical (unpaired) electrons. The third-order valence-corrected chi connectivity index (χ3v) is 1.98. The van der Waals surface area contributed by atoms with Gasteiger partial charge < -0.3 is 0 Å². The second-order valence-electron chi connectivity index (χ2n) is 2.80. The Balaban J connectivity index is 2.32. The minimum absolute atomic E-state index is 0.0389. The number of hydrogen-bond donors (Lipinski definition) is 0. The molecule has 0 aromatic rings. The molecule has 64 valence electrons. The van der Waals surface area contributed by atoms with Gasteiger partial charge in [0.1, 0.15) is 0 Å². The minimum Gasteiger partial charge on any atom is -0.196 e. The van der Waals surface area contributed by atoms with Crippen LogP contribution in [0.15, 0.2) is 0 Å². The predicted octanol–water partition coefficient (Wildman–Crippen LogP) is 2.00. The average molecular weight is 166 g/mol. The van der Waals surface area contributed by atoms with Gasteiger partial charge in [0.2, 0.25) is 0 Å². The van der Waals surface area contributed by atoms with Crippen LogP contribution in [-0.2, 0) is 9.68 Å². The molecule has 2 atom stereocenters. The maximum absolute atomic E-state index is 6.51. The van der Waals surface area contributed by atoms with Crippen molar-refractivity contribution in [1.29, 1.82) is 0 Å². The number of hydrogen-bond acceptors (Lipinski definition) is 2. The summed E-state index contributed by atoms with van der Waals surface area (Å²) in [5, 5.41) is 5.74. The van der Waals surface area contributed by atoms with E-state index in [-0.39, 0.29) is 12.2 Å². The van der Waals surface area contributed by atoms with Crippen molar-refractivity contribution >= 4 is 0 Å². The molecular formula is C8H10N2O2. The summed E-state index contributed by atoms with van der Waals surface area (Å²) >= 11 is 0. The summed E-state index contributed by atoms with van der Waals surface area (Å²) < 4.78 is 0. The summed E-state index contributed by atoms with van der Waals surface area (Å²) in [6, 6.07) is 0. The topological polar surface area (TPSA) is 27.2 Å². The molecule has 1 aliphatic rings. The molecule has 1 fully saturated rings. The van der Waals surface area contributed by atoms with Gasteiger partial charge in [0.05, 0.1) is 0 Å². The summed E-state index contributed by atoms with van der Waals surface area (Å²) in [6.07, 6.45) is 3.37. The Morgan fingerprint density at radius 1 is 1.00 bits per heavy atom. The molecule has 0 heterocycles. The van der Waals surface area contributed by atoms with Crippen molar-refractivity contribution < 1.29 is 9.68 Å². The van der Waals surface area contributed by atoms with Crippen LogP contribution in [0.5, 0.6) is 0 Å². The fraction of sp³-hybridized carbons (Fsp3) is 0.750. The molecule has 0 aromatic heterocycles. The van der Waals surface area contributed by atoms with Crippen molar-refractivity contribution in [3.63, 3.8) is 0 Å². The normalized spacial score (nSPS) is 28.2. The molecule has 0 spiro atoms. The Labute approximate surface area is 71.6 Å². The van der Waals surface area contributed by atoms with E-state index in [0.717, 1.165) is 19.3 Å². The standard InChI is InChI=1S/C8H10N2O2/c1-9-11-7-4-3-5-8(6-7)12-10-2/h7-8H,3-6H2. The summed E-state index contributed by atoms with van der Waals surface area (Å²) in [5.41, 5.74) is 0. The van der Waals surface area contributed by atoms with Crippen LogP contribution in [-0.4, -0.2) is 12.2 Å². The molecular weight excluding hydrogens is 156 g/mol. The zero-order chi connectivity index (χ0) is 8.81. The number of rotatable bonds is 2. The van der Waals surface area contributed by atoms with E-state index >= 15 is 0 Å². The van der Waals surface area contributed by atoms with Gasteiger partial charge in [0.15, 0.2) is 12.2 Å². The number of nitrogens with zero attached hydrogens (tertiary/aromatic N) is 2. The first-order valence-electron chi connectivity index (χ1n) is 3.92. The van der Waals surface area contributed by atoms with Crippen molar-refractivity contribution in [2.24, 2.45) is 0 Å². The van der Waals surface area contributed by atoms with Gasteiger partial charge in [-0.1, -0.05) is 0 Å². The molecule has 0 aromatic carbocycles. The van der Waals surface area contributed by atoms with Gasteiger partial charge in [0.25, 0.3) is 0 Å². The first-order valence-corrected chi connectivity index (χ1v) is 3.92. The molecule has 0 bridgehead atoms. The molecule has 1 rings (SSSR count). The van der Waals surface area contributed by atoms with Gasteiger partial charge in [-0.15, -0.1) is 0 Å². The summed E-state index contributed by atoms with van der Waals surface area (Å²) in [4.78, 5) is 9.54. The van der Waals surface area contributed by atoms with Crippen molar-refractivity contribution in [3.05, 3.63) is 23.2 Å². The SMILES string of the molecule is [C-]#[N+]OC1CCCC(O[N+]#[C-])C1. The summed E-state index contributed by atoms with van der Waals surface area (Å²) in [5.74, 6) is 0. The van der Waals surface area contributed by atoms with Crippen LogP contribution in [0, 0.1) is 13.1 Å². The maximum Gasteiger partial charge on any atom is 0.188 e. The van der Waals surface area contributed by atoms with Crippen LogP contribution < -0.4 is 0 Å². The fourth-order valence-corrected chi connectivity index (χ4v) is 1.44. The van der Waals surface area contributed by atoms with Crippen LogP contribution in [0.1, 0.15) is 25.7 Å². The summed E-state index contributed by atoms with van der Waals surface area (Å²) in [7, 11) is 0. The van der Waals surface area contributed by atoms with Crippen LogP contribution in [0.4, 0.5) is 0 Å². The van der Waals surface area contributed by atoms with E-state index in [9.17, 15) is 0 Å². The lowest BCUT2D eigenvalue weighted by Gasteiger charge is -2.19. The highest BCUT2D eigenvalue weighted by molar-refractivity contribution is 4.74. The lowest BCUT2D eigenvalue weighted by Crippen LogP contribution is -2.25. The third-order valence-electron chi connectivity index (χ3n) is 1.98. The Morgan fingerprint density at radius 3 is 1.92 bits per heavy atom. The maximum atomic E-state index is 6.51. The molecule has 0 N–H and O–H groups in total. The van der Waals surface area contributed by atoms with E-state index < -0.39 is 0 Å². The smallest absolute Gasteiger partial charge is 0.188 e. The van der Waals surface area contributed by atoms with E-state index in [2.05, 4.69) is 10.0 Å². The lowest BCUT2D eigenvalue weighted by molar-refractivity contribution is 0.0176. The summed E-state index contributed by atoms with van der Waals surface area (Å²) in [6.45, 7) is 13.0. The monoisotopic (exact) mass is 166 g/mol. The Morgan fingerprint density at radius 2 is 1.50 bits per heavy atom. The van der Waals surface area contributed by atoms with Crippen molar-refractivity contribution in [2.75, 3.05) is 0 Å². The van der Waals surface area contributed by atoms with Crippen molar-refractivity contribution in [2.45, 2.75) is 37.9 Å². The van der Waals surface area contributed by atoms with Gasteiger partial charge in [0, 0.05) is 6.42 Å². The first kappa shape index (κ1) is 8.67. The fourth-order valence-electron chi connectivity index (χ4n) is 1.44. The van der Waals surface area contributed by atoms with Crippen LogP contribution >= 0.6 is 0 Å². The second-order valence-corrected chi connectivity index (χ2v) is 2.80. The Hall–Kier alpha value is -1.42. The zero-order valence-corrected chi connectivity index (χ0v) is 6.69. The van der Waals surface area contributed by atoms with Crippen LogP contribution in [0.3, 0.4) is 0 Å². The van der Waals surface area contributed by atoms with Crippen molar-refractivity contribution in [1.82, 2.24) is 0 Å². The van der Waals surface area contributed by atoms with Gasteiger partial charge in [-0.05, 0) is 29.3 Å². The van der Waals surface area contributed by atoms with Crippen LogP contribution in [0.2, 0.25) is 0 Å². The van der Waals surface area contributed by atoms with E-state index in [1.807, 2.05) is 0 Å². The molecule has 0 aliphatic heterocycles. The molecule has 1 saturated carbocycles. The lowest BCUT2D eigenvalue weighted by atomic mass is 9.95. The minimum atomic E-state index is -0.0389. The van der Waals surface area contributed by atoms with Gasteiger partial charge in [-0.25, -0.2) is 0 Å². The molecule has 1 aliphatic carbocycles. The van der Waals surface area contributed by atoms with E-state index in [1.54, 1.807) is 0 Å². The predicted molar refractivity (Wildman–Crippen MR) is 41.4 cm³/mol. The first-order chi connectivity index (χ1) is 5.86. The van der Waals surface area contributed by atoms with Crippen LogP contribution in [0.25, 0.3) is 10.0 Å². The molecule has 4 heteroatoms. The quantitative estimate of drug-likeness (QED) is 0.463. The molecule has 12 heavy (non-hydrogen) atoms. The molecule has 2 unspecified atom stereocenters. The molecule has 4 nitrogen and oxygen atoms in total. The molecule has 0 amide bonds. The van der Waals surface area contributed by atoms with E-state index in [4.69, 9.17) is 22.8 Å². The highest BCUT2D eigenvalue weighted by Gasteiger charge is 2.28. The zero-order valence-electron chi connectivity index (χ0n) is 6.69. The van der Waals surface area contributed by atoms with Crippen molar-refractivity contribution in [3.8, 4) is 0 Å². The Bertz CT molecular complexity index is 194. The molecule has 0 saturated heterocycles. The second kappa shape index (κ2) is 4.46. The largest absolute Gasteiger partial charge is 0.196 e. The average Bonchev–Trinajstić information content (AvgIpc) is 2.06. The van der Waals surface area contributed by atoms with E-state index in [1.165, 1.54) is 0 Å².